The quantitative estimate of drug-likeness (QED) is 0.848. The Morgan fingerprint density at radius 3 is 3.12 bits per heavy atom. The zero-order valence-electron chi connectivity index (χ0n) is 10.1. The minimum absolute atomic E-state index is 0.728. The second-order valence-electron chi connectivity index (χ2n) is 4.52. The van der Waals surface area contributed by atoms with Crippen molar-refractivity contribution in [2.24, 2.45) is 13.0 Å². The summed E-state index contributed by atoms with van der Waals surface area (Å²) in [6.07, 6.45) is 6.58. The Morgan fingerprint density at radius 2 is 2.44 bits per heavy atom. The first kappa shape index (κ1) is 12.0. The van der Waals surface area contributed by atoms with Gasteiger partial charge in [-0.05, 0) is 36.6 Å². The second kappa shape index (κ2) is 5.73. The van der Waals surface area contributed by atoms with Crippen molar-refractivity contribution in [1.82, 2.24) is 15.1 Å². The maximum atomic E-state index is 4.21. The van der Waals surface area contributed by atoms with Gasteiger partial charge in [0, 0.05) is 25.0 Å². The van der Waals surface area contributed by atoms with Crippen LogP contribution in [0, 0.1) is 5.92 Å². The number of aromatic nitrogens is 2. The van der Waals surface area contributed by atoms with Crippen molar-refractivity contribution >= 4 is 11.8 Å². The van der Waals surface area contributed by atoms with E-state index in [1.165, 1.54) is 29.9 Å². The molecule has 4 heteroatoms. The van der Waals surface area contributed by atoms with Crippen molar-refractivity contribution < 1.29 is 0 Å². The molecule has 1 aromatic rings. The minimum Gasteiger partial charge on any atom is -0.313 e. The molecular weight excluding hydrogens is 218 g/mol. The highest BCUT2D eigenvalue weighted by molar-refractivity contribution is 7.99. The lowest BCUT2D eigenvalue weighted by Crippen LogP contribution is -2.35. The molecule has 16 heavy (non-hydrogen) atoms. The Balaban J connectivity index is 1.80. The van der Waals surface area contributed by atoms with Crippen LogP contribution in [0.25, 0.3) is 0 Å². The van der Waals surface area contributed by atoms with Crippen LogP contribution in [0.2, 0.25) is 0 Å². The fraction of sp³-hybridized carbons (Fsp3) is 0.750. The summed E-state index contributed by atoms with van der Waals surface area (Å²) in [4.78, 5) is 0. The lowest BCUT2D eigenvalue weighted by atomic mass is 9.96. The highest BCUT2D eigenvalue weighted by Crippen LogP contribution is 2.27. The van der Waals surface area contributed by atoms with E-state index in [2.05, 4.69) is 35.3 Å². The molecule has 0 bridgehead atoms. The number of nitrogens with zero attached hydrogens (tertiary/aromatic N) is 2. The van der Waals surface area contributed by atoms with E-state index in [0.29, 0.717) is 0 Å². The summed E-state index contributed by atoms with van der Waals surface area (Å²) in [5.41, 5.74) is 1.37. The van der Waals surface area contributed by atoms with Gasteiger partial charge in [0.2, 0.25) is 0 Å². The molecule has 0 amide bonds. The first-order valence-electron chi connectivity index (χ1n) is 6.08. The Kier molecular flexibility index (Phi) is 4.29. The Labute approximate surface area is 102 Å². The molecule has 90 valence electrons. The average Bonchev–Trinajstić information content (AvgIpc) is 2.85. The maximum Gasteiger partial charge on any atom is 0.0521 e. The number of aryl methyl sites for hydroxylation is 2. The van der Waals surface area contributed by atoms with Crippen LogP contribution < -0.4 is 5.32 Å². The Bertz CT molecular complexity index is 324. The van der Waals surface area contributed by atoms with Gasteiger partial charge < -0.3 is 5.32 Å². The third kappa shape index (κ3) is 3.01. The molecule has 1 aromatic heterocycles. The van der Waals surface area contributed by atoms with Gasteiger partial charge in [-0.2, -0.15) is 16.9 Å². The zero-order chi connectivity index (χ0) is 11.4. The van der Waals surface area contributed by atoms with E-state index in [-0.39, 0.29) is 0 Å². The van der Waals surface area contributed by atoms with Gasteiger partial charge in [0.1, 0.15) is 0 Å². The summed E-state index contributed by atoms with van der Waals surface area (Å²) in [5, 5.41) is 7.81. The van der Waals surface area contributed by atoms with Crippen molar-refractivity contribution in [3.8, 4) is 0 Å². The van der Waals surface area contributed by atoms with Gasteiger partial charge in [-0.25, -0.2) is 0 Å². The third-order valence-electron chi connectivity index (χ3n) is 3.23. The van der Waals surface area contributed by atoms with Gasteiger partial charge in [-0.15, -0.1) is 0 Å². The zero-order valence-corrected chi connectivity index (χ0v) is 11.0. The van der Waals surface area contributed by atoms with Gasteiger partial charge in [0.05, 0.1) is 6.20 Å². The van der Waals surface area contributed by atoms with Crippen LogP contribution in [0.1, 0.15) is 18.9 Å². The largest absolute Gasteiger partial charge is 0.313 e. The maximum absolute atomic E-state index is 4.21. The fourth-order valence-corrected chi connectivity index (χ4v) is 3.81. The first-order valence-corrected chi connectivity index (χ1v) is 7.23. The molecule has 1 saturated heterocycles. The topological polar surface area (TPSA) is 29.9 Å². The molecule has 2 rings (SSSR count). The average molecular weight is 239 g/mol. The SMILES string of the molecule is CCNC1CSCC1CCc1cnn(C)c1. The number of nitrogens with one attached hydrogen (secondary N) is 1. The summed E-state index contributed by atoms with van der Waals surface area (Å²) < 4.78 is 1.89. The predicted molar refractivity (Wildman–Crippen MR) is 69.8 cm³/mol. The lowest BCUT2D eigenvalue weighted by molar-refractivity contribution is 0.412. The normalized spacial score (nSPS) is 25.1. The molecule has 1 aliphatic rings. The molecule has 2 atom stereocenters. The van der Waals surface area contributed by atoms with Crippen molar-refractivity contribution in [3.63, 3.8) is 0 Å². The summed E-state index contributed by atoms with van der Waals surface area (Å²) in [7, 11) is 1.98. The van der Waals surface area contributed by atoms with Gasteiger partial charge in [0.25, 0.3) is 0 Å². The molecule has 0 saturated carbocycles. The second-order valence-corrected chi connectivity index (χ2v) is 5.60. The van der Waals surface area contributed by atoms with E-state index in [0.717, 1.165) is 18.5 Å². The van der Waals surface area contributed by atoms with Crippen LogP contribution in [-0.2, 0) is 13.5 Å². The van der Waals surface area contributed by atoms with Crippen LogP contribution in [0.3, 0.4) is 0 Å². The van der Waals surface area contributed by atoms with E-state index in [9.17, 15) is 0 Å². The molecule has 0 spiro atoms. The summed E-state index contributed by atoms with van der Waals surface area (Å²) in [6, 6.07) is 0.728. The Hall–Kier alpha value is -0.480. The van der Waals surface area contributed by atoms with Crippen LogP contribution >= 0.6 is 11.8 Å². The van der Waals surface area contributed by atoms with Crippen molar-refractivity contribution in [1.29, 1.82) is 0 Å². The van der Waals surface area contributed by atoms with Crippen LogP contribution in [0.4, 0.5) is 0 Å². The van der Waals surface area contributed by atoms with E-state index < -0.39 is 0 Å². The number of thioether (sulfide) groups is 1. The van der Waals surface area contributed by atoms with Gasteiger partial charge >= 0.3 is 0 Å². The molecule has 0 radical (unpaired) electrons. The molecule has 2 heterocycles. The first-order chi connectivity index (χ1) is 7.79. The lowest BCUT2D eigenvalue weighted by Gasteiger charge is -2.18. The van der Waals surface area contributed by atoms with Crippen LogP contribution in [0.15, 0.2) is 12.4 Å². The molecule has 0 aromatic carbocycles. The molecule has 1 aliphatic heterocycles. The molecule has 1 N–H and O–H groups in total. The summed E-state index contributed by atoms with van der Waals surface area (Å²) >= 11 is 2.09. The van der Waals surface area contributed by atoms with E-state index in [1.807, 2.05) is 17.9 Å². The highest BCUT2D eigenvalue weighted by atomic mass is 32.2. The highest BCUT2D eigenvalue weighted by Gasteiger charge is 2.26. The van der Waals surface area contributed by atoms with Crippen molar-refractivity contribution in [3.05, 3.63) is 18.0 Å². The fourth-order valence-electron chi connectivity index (χ4n) is 2.32. The summed E-state index contributed by atoms with van der Waals surface area (Å²) in [5.74, 6) is 3.44. The van der Waals surface area contributed by atoms with Gasteiger partial charge in [-0.1, -0.05) is 6.92 Å². The number of hydrogen-bond donors (Lipinski definition) is 1. The summed E-state index contributed by atoms with van der Waals surface area (Å²) in [6.45, 7) is 3.29. The molecule has 2 unspecified atom stereocenters. The number of hydrogen-bond acceptors (Lipinski definition) is 3. The van der Waals surface area contributed by atoms with Gasteiger partial charge in [0.15, 0.2) is 0 Å². The minimum atomic E-state index is 0.728. The van der Waals surface area contributed by atoms with E-state index in [4.69, 9.17) is 0 Å². The number of rotatable bonds is 5. The third-order valence-corrected chi connectivity index (χ3v) is 4.49. The smallest absolute Gasteiger partial charge is 0.0521 e. The predicted octanol–water partition coefficient (Wildman–Crippen LogP) is 1.69. The van der Waals surface area contributed by atoms with Crippen molar-refractivity contribution in [2.75, 3.05) is 18.1 Å². The standard InChI is InChI=1S/C12H21N3S/c1-3-13-12-9-16-8-11(12)5-4-10-6-14-15(2)7-10/h6-7,11-13H,3-5,8-9H2,1-2H3. The monoisotopic (exact) mass is 239 g/mol. The van der Waals surface area contributed by atoms with E-state index in [1.54, 1.807) is 0 Å². The van der Waals surface area contributed by atoms with Crippen LogP contribution in [0.5, 0.6) is 0 Å². The van der Waals surface area contributed by atoms with E-state index >= 15 is 0 Å². The Morgan fingerprint density at radius 1 is 1.56 bits per heavy atom. The van der Waals surface area contributed by atoms with Crippen molar-refractivity contribution in [2.45, 2.75) is 25.8 Å². The molecular formula is C12H21N3S. The van der Waals surface area contributed by atoms with Crippen LogP contribution in [-0.4, -0.2) is 33.9 Å². The molecule has 3 nitrogen and oxygen atoms in total. The molecule has 1 fully saturated rings. The molecule has 0 aliphatic carbocycles. The van der Waals surface area contributed by atoms with Gasteiger partial charge in [-0.3, -0.25) is 4.68 Å².